The van der Waals surface area contributed by atoms with Gasteiger partial charge in [-0.1, -0.05) is 30.3 Å². The highest BCUT2D eigenvalue weighted by atomic mass is 16.3. The number of carbonyl (C=O) groups is 2. The van der Waals surface area contributed by atoms with Gasteiger partial charge in [0, 0.05) is 26.2 Å². The fraction of sp³-hybridized carbons (Fsp3) is 0.455. The highest BCUT2D eigenvalue weighted by molar-refractivity contribution is 5.95. The van der Waals surface area contributed by atoms with E-state index in [-0.39, 0.29) is 17.2 Å². The minimum absolute atomic E-state index is 0.0328. The molecule has 2 aliphatic heterocycles. The van der Waals surface area contributed by atoms with E-state index in [1.165, 1.54) is 18.1 Å². The van der Waals surface area contributed by atoms with Crippen LogP contribution in [0.1, 0.15) is 41.6 Å². The van der Waals surface area contributed by atoms with Crippen LogP contribution in [0.4, 0.5) is 0 Å². The number of aryl methyl sites for hydroxylation is 1. The first-order chi connectivity index (χ1) is 13.2. The Labute approximate surface area is 159 Å². The molecule has 2 aromatic rings. The second kappa shape index (κ2) is 7.59. The van der Waals surface area contributed by atoms with E-state index in [0.717, 1.165) is 45.2 Å². The third kappa shape index (κ3) is 3.64. The van der Waals surface area contributed by atoms with Gasteiger partial charge in [-0.25, -0.2) is 0 Å². The zero-order valence-electron chi connectivity index (χ0n) is 15.6. The Kier molecular flexibility index (Phi) is 5.01. The van der Waals surface area contributed by atoms with Gasteiger partial charge in [0.1, 0.15) is 6.26 Å². The highest BCUT2D eigenvalue weighted by Crippen LogP contribution is 2.40. The highest BCUT2D eigenvalue weighted by Gasteiger charge is 2.49. The zero-order chi connectivity index (χ0) is 18.7. The van der Waals surface area contributed by atoms with Gasteiger partial charge in [-0.05, 0) is 43.7 Å². The molecule has 2 saturated heterocycles. The zero-order valence-corrected chi connectivity index (χ0v) is 15.6. The molecule has 1 aromatic carbocycles. The number of piperidine rings is 1. The van der Waals surface area contributed by atoms with Crippen LogP contribution in [-0.2, 0) is 11.2 Å². The van der Waals surface area contributed by atoms with Gasteiger partial charge in [0.05, 0.1) is 17.2 Å². The van der Waals surface area contributed by atoms with Crippen LogP contribution >= 0.6 is 0 Å². The van der Waals surface area contributed by atoms with Crippen molar-refractivity contribution >= 4 is 11.8 Å². The largest absolute Gasteiger partial charge is 0.472 e. The molecule has 2 fully saturated rings. The van der Waals surface area contributed by atoms with Gasteiger partial charge in [-0.15, -0.1) is 0 Å². The van der Waals surface area contributed by atoms with Gasteiger partial charge >= 0.3 is 0 Å². The molecule has 1 aromatic heterocycles. The Bertz CT molecular complexity index is 787. The van der Waals surface area contributed by atoms with Crippen molar-refractivity contribution in [3.05, 3.63) is 60.1 Å². The monoisotopic (exact) mass is 366 g/mol. The number of rotatable bonds is 5. The van der Waals surface area contributed by atoms with Crippen molar-refractivity contribution in [2.75, 3.05) is 26.2 Å². The minimum Gasteiger partial charge on any atom is -0.472 e. The second-order valence-electron chi connectivity index (χ2n) is 7.75. The summed E-state index contributed by atoms with van der Waals surface area (Å²) in [5.74, 6) is 0.207. The van der Waals surface area contributed by atoms with Crippen LogP contribution in [0.2, 0.25) is 0 Å². The molecule has 0 bridgehead atoms. The number of benzene rings is 1. The summed E-state index contributed by atoms with van der Waals surface area (Å²) in [5, 5.41) is 0. The Balaban J connectivity index is 1.36. The average molecular weight is 366 g/mol. The van der Waals surface area contributed by atoms with E-state index in [1.807, 2.05) is 15.9 Å². The van der Waals surface area contributed by atoms with E-state index >= 15 is 0 Å². The Morgan fingerprint density at radius 2 is 1.96 bits per heavy atom. The summed E-state index contributed by atoms with van der Waals surface area (Å²) < 4.78 is 5.03. The molecule has 4 rings (SSSR count). The van der Waals surface area contributed by atoms with Crippen LogP contribution in [-0.4, -0.2) is 47.8 Å². The lowest BCUT2D eigenvalue weighted by Gasteiger charge is -2.39. The van der Waals surface area contributed by atoms with Gasteiger partial charge in [0.25, 0.3) is 5.91 Å². The molecule has 5 nitrogen and oxygen atoms in total. The summed E-state index contributed by atoms with van der Waals surface area (Å²) in [6.07, 6.45) is 7.63. The molecular weight excluding hydrogens is 340 g/mol. The summed E-state index contributed by atoms with van der Waals surface area (Å²) in [6.45, 7) is 2.81. The van der Waals surface area contributed by atoms with Crippen LogP contribution in [0.5, 0.6) is 0 Å². The smallest absolute Gasteiger partial charge is 0.257 e. The van der Waals surface area contributed by atoms with Crippen LogP contribution in [0.3, 0.4) is 0 Å². The Hall–Kier alpha value is -2.56. The first kappa shape index (κ1) is 17.8. The Morgan fingerprint density at radius 1 is 1.11 bits per heavy atom. The third-order valence-corrected chi connectivity index (χ3v) is 5.97. The lowest BCUT2D eigenvalue weighted by Crippen LogP contribution is -2.50. The standard InChI is InChI=1S/C22H26N2O3/c25-20(19-9-15-27-16-19)24-14-11-22(17-24)10-5-13-23(21(22)26)12-4-8-18-6-2-1-3-7-18/h1-3,6-7,9,15-16H,4-5,8,10-14,17H2. The molecule has 0 radical (unpaired) electrons. The van der Waals surface area contributed by atoms with E-state index in [4.69, 9.17) is 4.42 Å². The molecule has 2 aliphatic rings. The lowest BCUT2D eigenvalue weighted by molar-refractivity contribution is -0.145. The van der Waals surface area contributed by atoms with E-state index in [1.54, 1.807) is 6.07 Å². The molecule has 0 saturated carbocycles. The number of furan rings is 1. The first-order valence-corrected chi connectivity index (χ1v) is 9.83. The van der Waals surface area contributed by atoms with Crippen LogP contribution in [0.25, 0.3) is 0 Å². The van der Waals surface area contributed by atoms with Gasteiger partial charge < -0.3 is 14.2 Å². The molecule has 1 unspecified atom stereocenters. The fourth-order valence-electron chi connectivity index (χ4n) is 4.48. The van der Waals surface area contributed by atoms with Crippen molar-refractivity contribution in [1.29, 1.82) is 0 Å². The lowest BCUT2D eigenvalue weighted by atomic mass is 9.78. The predicted molar refractivity (Wildman–Crippen MR) is 102 cm³/mol. The Morgan fingerprint density at radius 3 is 2.74 bits per heavy atom. The second-order valence-corrected chi connectivity index (χ2v) is 7.75. The topological polar surface area (TPSA) is 53.8 Å². The average Bonchev–Trinajstić information content (AvgIpc) is 3.37. The number of hydrogen-bond donors (Lipinski definition) is 0. The van der Waals surface area contributed by atoms with Crippen LogP contribution in [0, 0.1) is 5.41 Å². The molecular formula is C22H26N2O3. The molecule has 5 heteroatoms. The van der Waals surface area contributed by atoms with Crippen molar-refractivity contribution in [3.63, 3.8) is 0 Å². The number of likely N-dealkylation sites (tertiary alicyclic amines) is 2. The van der Waals surface area contributed by atoms with E-state index in [0.29, 0.717) is 18.7 Å². The number of amides is 2. The minimum atomic E-state index is -0.385. The van der Waals surface area contributed by atoms with E-state index in [9.17, 15) is 9.59 Å². The predicted octanol–water partition coefficient (Wildman–Crippen LogP) is 3.37. The number of hydrogen-bond acceptors (Lipinski definition) is 3. The molecule has 0 aliphatic carbocycles. The molecule has 27 heavy (non-hydrogen) atoms. The maximum absolute atomic E-state index is 13.2. The normalized spacial score (nSPS) is 22.6. The fourth-order valence-corrected chi connectivity index (χ4v) is 4.48. The molecule has 2 amide bonds. The quantitative estimate of drug-likeness (QED) is 0.815. The van der Waals surface area contributed by atoms with Gasteiger partial charge in [0.15, 0.2) is 0 Å². The number of carbonyl (C=O) groups excluding carboxylic acids is 2. The summed E-state index contributed by atoms with van der Waals surface area (Å²) in [6, 6.07) is 12.1. The summed E-state index contributed by atoms with van der Waals surface area (Å²) in [5.41, 5.74) is 1.49. The van der Waals surface area contributed by atoms with Crippen molar-refractivity contribution in [3.8, 4) is 0 Å². The van der Waals surface area contributed by atoms with Gasteiger partial charge in [-0.3, -0.25) is 9.59 Å². The van der Waals surface area contributed by atoms with Crippen molar-refractivity contribution in [2.24, 2.45) is 5.41 Å². The molecule has 3 heterocycles. The van der Waals surface area contributed by atoms with Gasteiger partial charge in [0.2, 0.25) is 5.91 Å². The van der Waals surface area contributed by atoms with E-state index in [2.05, 4.69) is 24.3 Å². The van der Waals surface area contributed by atoms with Crippen molar-refractivity contribution in [1.82, 2.24) is 9.80 Å². The summed E-state index contributed by atoms with van der Waals surface area (Å²) in [7, 11) is 0. The third-order valence-electron chi connectivity index (χ3n) is 5.97. The summed E-state index contributed by atoms with van der Waals surface area (Å²) >= 11 is 0. The molecule has 1 spiro atoms. The molecule has 142 valence electrons. The molecule has 0 N–H and O–H groups in total. The maximum Gasteiger partial charge on any atom is 0.257 e. The first-order valence-electron chi connectivity index (χ1n) is 9.83. The van der Waals surface area contributed by atoms with Gasteiger partial charge in [-0.2, -0.15) is 0 Å². The maximum atomic E-state index is 13.2. The van der Waals surface area contributed by atoms with Crippen LogP contribution < -0.4 is 0 Å². The SMILES string of the molecule is O=C(c1ccoc1)N1CCC2(CCCN(CCCc3ccccc3)C2=O)C1. The molecule has 1 atom stereocenters. The van der Waals surface area contributed by atoms with Crippen molar-refractivity contribution < 1.29 is 14.0 Å². The van der Waals surface area contributed by atoms with Crippen LogP contribution in [0.15, 0.2) is 53.3 Å². The number of nitrogens with zero attached hydrogens (tertiary/aromatic N) is 2. The van der Waals surface area contributed by atoms with Crippen molar-refractivity contribution in [2.45, 2.75) is 32.1 Å². The summed E-state index contributed by atoms with van der Waals surface area (Å²) in [4.78, 5) is 29.6. The van der Waals surface area contributed by atoms with E-state index < -0.39 is 0 Å².